The van der Waals surface area contributed by atoms with E-state index in [2.05, 4.69) is 27.7 Å². The largest absolute Gasteiger partial charge is 3.00 e. The van der Waals surface area contributed by atoms with Crippen molar-refractivity contribution in [3.8, 4) is 0 Å². The molecular weight excluding hydrogens is 671 g/mol. The molecule has 0 heterocycles. The molecule has 0 saturated heterocycles. The van der Waals surface area contributed by atoms with Crippen LogP contribution in [-0.4, -0.2) is 23.6 Å². The first kappa shape index (κ1) is 62.7. The van der Waals surface area contributed by atoms with Gasteiger partial charge in [0.1, 0.15) is 0 Å². The molecule has 4 amide bonds. The fourth-order valence-corrected chi connectivity index (χ4v) is 3.56. The van der Waals surface area contributed by atoms with Crippen molar-refractivity contribution >= 4 is 23.6 Å². The molecule has 0 atom stereocenters. The Kier molecular flexibility index (Phi) is 83.2. The van der Waals surface area contributed by atoms with Gasteiger partial charge < -0.3 is 66.9 Å². The van der Waals surface area contributed by atoms with Gasteiger partial charge in [-0.3, -0.25) is 0 Å². The predicted molar refractivity (Wildman–Crippen MR) is 171 cm³/mol. The van der Waals surface area contributed by atoms with Crippen LogP contribution in [0.25, 0.3) is 22.9 Å². The molecule has 0 saturated carbocycles. The van der Waals surface area contributed by atoms with E-state index in [9.17, 15) is 19.2 Å². The third kappa shape index (κ3) is 90.0. The summed E-state index contributed by atoms with van der Waals surface area (Å²) in [7, 11) is 0. The third-order valence-electron chi connectivity index (χ3n) is 6.03. The molecule has 0 aliphatic rings. The molecule has 0 aliphatic heterocycles. The van der Waals surface area contributed by atoms with Crippen molar-refractivity contribution in [2.75, 3.05) is 0 Å². The van der Waals surface area contributed by atoms with Gasteiger partial charge in [0.05, 0.1) is 0 Å². The summed E-state index contributed by atoms with van der Waals surface area (Å²) in [4.78, 5) is 40.6. The van der Waals surface area contributed by atoms with Gasteiger partial charge in [-0.15, -0.1) is 0 Å². The molecule has 0 spiro atoms. The first-order chi connectivity index (χ1) is 19.1. The number of carbonyl (C=O) groups is 4. The van der Waals surface area contributed by atoms with E-state index in [-0.39, 0.29) is 68.2 Å². The number of hydrogen-bond acceptors (Lipinski definition) is 4. The molecule has 4 N–H and O–H groups in total. The normalized spacial score (nSPS) is 8.82. The second-order valence-electron chi connectivity index (χ2n) is 10.3. The predicted octanol–water partition coefficient (Wildman–Crippen LogP) is 5.71. The molecule has 0 aromatic rings. The number of amides is 4. The standard InChI is InChI=1S/4C8H17NO.2ClH.2Ti/c4*1-2-3-4-5-6-7-8(9)10;;;;/h4*2-7H2,1H3,(H2,9,10);2*1H;;/q;;;;;;2*+3/p-6. The Morgan fingerprint density at radius 1 is 0.318 bits per heavy atom. The molecule has 0 aromatic heterocycles. The van der Waals surface area contributed by atoms with Crippen LogP contribution in [0.2, 0.25) is 0 Å². The van der Waals surface area contributed by atoms with Gasteiger partial charge in [-0.05, 0) is 51.4 Å². The Balaban J connectivity index is -0.0000000635. The molecule has 2 radical (unpaired) electrons. The van der Waals surface area contributed by atoms with Crippen LogP contribution in [0.4, 0.5) is 0 Å². The number of unbranched alkanes of at least 4 members (excludes halogenated alkanes) is 16. The summed E-state index contributed by atoms with van der Waals surface area (Å²) >= 11 is 0. The van der Waals surface area contributed by atoms with Crippen LogP contribution in [-0.2, 0) is 62.6 Å². The van der Waals surface area contributed by atoms with Gasteiger partial charge in [-0.2, -0.15) is 0 Å². The minimum Gasteiger partial charge on any atom is -1.00 e. The molecule has 0 aliphatic carbocycles. The maximum Gasteiger partial charge on any atom is 3.00 e. The Labute approximate surface area is 313 Å². The summed E-state index contributed by atoms with van der Waals surface area (Å²) in [6.45, 7) is 8.65. The van der Waals surface area contributed by atoms with Crippen LogP contribution in [0.15, 0.2) is 0 Å². The minimum absolute atomic E-state index is 0. The van der Waals surface area contributed by atoms with Crippen molar-refractivity contribution in [1.82, 2.24) is 0 Å². The van der Waals surface area contributed by atoms with E-state index < -0.39 is 23.6 Å². The molecule has 0 unspecified atom stereocenters. The van der Waals surface area contributed by atoms with E-state index in [1.165, 1.54) is 77.0 Å². The van der Waals surface area contributed by atoms with Gasteiger partial charge in [-0.1, -0.05) is 130 Å². The van der Waals surface area contributed by atoms with Gasteiger partial charge in [0.25, 0.3) is 0 Å². The quantitative estimate of drug-likeness (QED) is 0.0918. The Hall–Kier alpha value is -0.111. The van der Waals surface area contributed by atoms with Crippen molar-refractivity contribution < 1.29 is 87.4 Å². The molecular formula is C32H64Cl2N4O4Ti2. The summed E-state index contributed by atoms with van der Waals surface area (Å²) in [5.41, 5.74) is 26.5. The van der Waals surface area contributed by atoms with Gasteiger partial charge in [0, 0.05) is 23.6 Å². The summed E-state index contributed by atoms with van der Waals surface area (Å²) in [5, 5.41) is 0. The van der Waals surface area contributed by atoms with Crippen LogP contribution in [0.1, 0.15) is 182 Å². The van der Waals surface area contributed by atoms with Crippen LogP contribution < -0.4 is 24.8 Å². The monoisotopic (exact) mass is 734 g/mol. The summed E-state index contributed by atoms with van der Waals surface area (Å²) in [6, 6.07) is 0. The summed E-state index contributed by atoms with van der Waals surface area (Å²) in [6.07, 6.45) is 24.6. The molecule has 0 fully saturated rings. The van der Waals surface area contributed by atoms with E-state index in [4.69, 9.17) is 22.9 Å². The van der Waals surface area contributed by atoms with Crippen molar-refractivity contribution in [3.05, 3.63) is 22.9 Å². The number of carbonyl (C=O) groups excluding carboxylic acids is 4. The van der Waals surface area contributed by atoms with Crippen molar-refractivity contribution in [1.29, 1.82) is 0 Å². The van der Waals surface area contributed by atoms with Crippen LogP contribution in [0, 0.1) is 0 Å². The van der Waals surface area contributed by atoms with Crippen LogP contribution >= 0.6 is 0 Å². The van der Waals surface area contributed by atoms with E-state index in [1.807, 2.05) is 0 Å². The third-order valence-corrected chi connectivity index (χ3v) is 6.03. The summed E-state index contributed by atoms with van der Waals surface area (Å²) < 4.78 is 0. The molecule has 44 heavy (non-hydrogen) atoms. The molecule has 8 nitrogen and oxygen atoms in total. The number of rotatable bonds is 24. The first-order valence-electron chi connectivity index (χ1n) is 16.1. The van der Waals surface area contributed by atoms with E-state index >= 15 is 0 Å². The minimum atomic E-state index is -0.420. The Bertz CT molecular complexity index is 484. The fraction of sp³-hybridized carbons (Fsp3) is 0.875. The molecule has 0 bridgehead atoms. The Morgan fingerprint density at radius 3 is 0.568 bits per heavy atom. The van der Waals surface area contributed by atoms with Gasteiger partial charge in [0.2, 0.25) is 0 Å². The molecule has 0 rings (SSSR count). The Morgan fingerprint density at radius 2 is 0.455 bits per heavy atom. The van der Waals surface area contributed by atoms with E-state index in [0.29, 0.717) is 25.7 Å². The van der Waals surface area contributed by atoms with E-state index in [0.717, 1.165) is 51.4 Å². The van der Waals surface area contributed by atoms with Crippen LogP contribution in [0.3, 0.4) is 0 Å². The first-order valence-corrected chi connectivity index (χ1v) is 16.1. The van der Waals surface area contributed by atoms with Gasteiger partial charge >= 0.3 is 43.4 Å². The zero-order chi connectivity index (χ0) is 31.3. The zero-order valence-corrected chi connectivity index (χ0v) is 33.0. The maximum absolute atomic E-state index is 10.1. The van der Waals surface area contributed by atoms with Crippen molar-refractivity contribution in [3.63, 3.8) is 0 Å². The van der Waals surface area contributed by atoms with Gasteiger partial charge in [-0.25, -0.2) is 0 Å². The smallest absolute Gasteiger partial charge is 1.00 e. The fourth-order valence-electron chi connectivity index (χ4n) is 3.56. The SMILES string of the molecule is CCCCCCCC([NH-])=O.CCCCCCCC([NH-])=O.CCCCCCCC([NH-])=O.CCCCCCCC([NH-])=O.[Cl-].[Cl-].[Ti+3].[Ti+3]. The second-order valence-corrected chi connectivity index (χ2v) is 10.3. The average Bonchev–Trinajstić information content (AvgIpc) is 2.89. The number of halogens is 2. The van der Waals surface area contributed by atoms with Crippen molar-refractivity contribution in [2.45, 2.75) is 182 Å². The number of nitrogens with one attached hydrogen (secondary N) is 4. The summed E-state index contributed by atoms with van der Waals surface area (Å²) in [5.74, 6) is -1.68. The molecule has 258 valence electrons. The average molecular weight is 736 g/mol. The van der Waals surface area contributed by atoms with Crippen molar-refractivity contribution in [2.24, 2.45) is 0 Å². The van der Waals surface area contributed by atoms with Crippen LogP contribution in [0.5, 0.6) is 0 Å². The van der Waals surface area contributed by atoms with Gasteiger partial charge in [0.15, 0.2) is 0 Å². The zero-order valence-electron chi connectivity index (χ0n) is 28.4. The number of hydrogen-bond donors (Lipinski definition) is 0. The topological polar surface area (TPSA) is 163 Å². The second kappa shape index (κ2) is 58.4. The maximum atomic E-state index is 10.1. The molecule has 12 heteroatoms. The van der Waals surface area contributed by atoms with E-state index in [1.54, 1.807) is 0 Å². The molecule has 0 aromatic carbocycles.